The van der Waals surface area contributed by atoms with Crippen LogP contribution < -0.4 is 4.72 Å². The number of carboxylic acid groups (broad SMARTS) is 1. The second kappa shape index (κ2) is 7.09. The number of carbonyl (C=O) groups is 1. The Bertz CT molecular complexity index is 698. The van der Waals surface area contributed by atoms with Crippen LogP contribution in [0.4, 0.5) is 0 Å². The fourth-order valence-electron chi connectivity index (χ4n) is 1.56. The molecule has 114 valence electrons. The van der Waals surface area contributed by atoms with Gasteiger partial charge in [-0.1, -0.05) is 30.1 Å². The van der Waals surface area contributed by atoms with Gasteiger partial charge in [-0.3, -0.25) is 0 Å². The van der Waals surface area contributed by atoms with Crippen molar-refractivity contribution in [2.75, 3.05) is 0 Å². The summed E-state index contributed by atoms with van der Waals surface area (Å²) in [5, 5.41) is 17.3. The fraction of sp³-hybridized carbons (Fsp3) is 0.333. The topological polar surface area (TPSA) is 107 Å². The number of benzene rings is 1. The van der Waals surface area contributed by atoms with Crippen molar-refractivity contribution in [3.63, 3.8) is 0 Å². The van der Waals surface area contributed by atoms with Gasteiger partial charge in [0, 0.05) is 6.04 Å². The van der Waals surface area contributed by atoms with E-state index < -0.39 is 22.0 Å². The first-order valence-electron chi connectivity index (χ1n) is 5.84. The molecule has 2 N–H and O–H groups in total. The zero-order chi connectivity index (χ0) is 16.2. The average molecular weight is 351 g/mol. The Hall–Kier alpha value is -1.33. The zero-order valence-electron chi connectivity index (χ0n) is 10.9. The van der Waals surface area contributed by atoms with E-state index in [2.05, 4.69) is 4.72 Å². The lowest BCUT2D eigenvalue weighted by atomic mass is 10.2. The first-order valence-corrected chi connectivity index (χ1v) is 8.08. The molecule has 0 bridgehead atoms. The van der Waals surface area contributed by atoms with Crippen LogP contribution in [-0.2, 0) is 10.0 Å². The molecule has 0 saturated heterocycles. The van der Waals surface area contributed by atoms with Gasteiger partial charge in [0.2, 0.25) is 10.0 Å². The lowest BCUT2D eigenvalue weighted by Crippen LogP contribution is -2.34. The van der Waals surface area contributed by atoms with Crippen LogP contribution in [0.25, 0.3) is 0 Å². The largest absolute Gasteiger partial charge is 0.478 e. The maximum atomic E-state index is 12.2. The van der Waals surface area contributed by atoms with E-state index in [1.807, 2.05) is 6.07 Å². The number of nitrogens with one attached hydrogen (secondary N) is 1. The van der Waals surface area contributed by atoms with Crippen molar-refractivity contribution in [3.05, 3.63) is 27.7 Å². The molecule has 1 rings (SSSR count). The predicted molar refractivity (Wildman–Crippen MR) is 78.1 cm³/mol. The number of aromatic carboxylic acids is 1. The number of nitriles is 1. The van der Waals surface area contributed by atoms with Gasteiger partial charge in [0.1, 0.15) is 4.90 Å². The van der Waals surface area contributed by atoms with Gasteiger partial charge in [-0.15, -0.1) is 0 Å². The summed E-state index contributed by atoms with van der Waals surface area (Å²) < 4.78 is 26.8. The molecule has 0 saturated carbocycles. The van der Waals surface area contributed by atoms with Gasteiger partial charge in [0.15, 0.2) is 0 Å². The van der Waals surface area contributed by atoms with Crippen LogP contribution in [0.5, 0.6) is 0 Å². The number of sulfonamides is 1. The highest BCUT2D eigenvalue weighted by atomic mass is 35.5. The molecule has 1 aromatic rings. The molecular weight excluding hydrogens is 339 g/mol. The summed E-state index contributed by atoms with van der Waals surface area (Å²) in [5.74, 6) is -1.36. The number of hydrogen-bond acceptors (Lipinski definition) is 4. The second-order valence-corrected chi connectivity index (χ2v) is 6.65. The van der Waals surface area contributed by atoms with Crippen LogP contribution in [0, 0.1) is 11.3 Å². The highest BCUT2D eigenvalue weighted by Gasteiger charge is 2.24. The van der Waals surface area contributed by atoms with E-state index in [1.165, 1.54) is 0 Å². The Kier molecular flexibility index (Phi) is 5.98. The normalized spacial score (nSPS) is 12.7. The van der Waals surface area contributed by atoms with E-state index in [-0.39, 0.29) is 26.9 Å². The van der Waals surface area contributed by atoms with Crippen LogP contribution in [0.1, 0.15) is 30.1 Å². The van der Waals surface area contributed by atoms with Gasteiger partial charge in [-0.2, -0.15) is 5.26 Å². The van der Waals surface area contributed by atoms with Gasteiger partial charge in [0.25, 0.3) is 0 Å². The smallest absolute Gasteiger partial charge is 0.337 e. The summed E-state index contributed by atoms with van der Waals surface area (Å²) >= 11 is 11.5. The summed E-state index contributed by atoms with van der Waals surface area (Å²) in [7, 11) is -4.05. The van der Waals surface area contributed by atoms with E-state index in [4.69, 9.17) is 33.6 Å². The number of carboxylic acids is 1. The van der Waals surface area contributed by atoms with Crippen molar-refractivity contribution < 1.29 is 18.3 Å². The lowest BCUT2D eigenvalue weighted by Gasteiger charge is -2.15. The molecule has 0 spiro atoms. The lowest BCUT2D eigenvalue weighted by molar-refractivity contribution is 0.0697. The fourth-order valence-corrected chi connectivity index (χ4v) is 3.73. The third kappa shape index (κ3) is 4.32. The molecule has 0 fully saturated rings. The molecule has 0 aromatic heterocycles. The van der Waals surface area contributed by atoms with Gasteiger partial charge in [-0.25, -0.2) is 17.9 Å². The van der Waals surface area contributed by atoms with Crippen molar-refractivity contribution in [1.29, 1.82) is 5.26 Å². The first-order chi connectivity index (χ1) is 9.72. The highest BCUT2D eigenvalue weighted by Crippen LogP contribution is 2.29. The molecule has 9 heteroatoms. The maximum absolute atomic E-state index is 12.2. The Balaban J connectivity index is 3.29. The summed E-state index contributed by atoms with van der Waals surface area (Å²) in [6, 6.07) is 3.25. The van der Waals surface area contributed by atoms with E-state index in [1.54, 1.807) is 6.92 Å². The average Bonchev–Trinajstić information content (AvgIpc) is 2.37. The second-order valence-electron chi connectivity index (χ2n) is 4.16. The maximum Gasteiger partial charge on any atom is 0.337 e. The van der Waals surface area contributed by atoms with Gasteiger partial charge < -0.3 is 5.11 Å². The molecule has 0 aliphatic rings. The van der Waals surface area contributed by atoms with E-state index in [0.29, 0.717) is 6.42 Å². The molecule has 1 atom stereocenters. The SMILES string of the molecule is CCC(CC#N)NS(=O)(=O)c1cc(C(=O)O)c(Cl)cc1Cl. The van der Waals surface area contributed by atoms with Crippen molar-refractivity contribution in [1.82, 2.24) is 4.72 Å². The van der Waals surface area contributed by atoms with Crippen LogP contribution in [0.3, 0.4) is 0 Å². The third-order valence-corrected chi connectivity index (χ3v) is 4.99. The summed E-state index contributed by atoms with van der Waals surface area (Å²) in [5.41, 5.74) is -0.366. The molecule has 0 heterocycles. The quantitative estimate of drug-likeness (QED) is 0.819. The van der Waals surface area contributed by atoms with Crippen LogP contribution >= 0.6 is 23.2 Å². The minimum absolute atomic E-state index is 0.00722. The molecule has 6 nitrogen and oxygen atoms in total. The zero-order valence-corrected chi connectivity index (χ0v) is 13.3. The summed E-state index contributed by atoms with van der Waals surface area (Å²) in [4.78, 5) is 10.6. The van der Waals surface area contributed by atoms with Crippen LogP contribution in [0.2, 0.25) is 10.0 Å². The highest BCUT2D eigenvalue weighted by molar-refractivity contribution is 7.89. The molecule has 0 aliphatic heterocycles. The van der Waals surface area contributed by atoms with Crippen molar-refractivity contribution in [2.24, 2.45) is 0 Å². The van der Waals surface area contributed by atoms with Gasteiger partial charge in [0.05, 0.1) is 28.1 Å². The Morgan fingerprint density at radius 3 is 2.52 bits per heavy atom. The summed E-state index contributed by atoms with van der Waals surface area (Å²) in [6.45, 7) is 1.72. The monoisotopic (exact) mass is 350 g/mol. The molecule has 21 heavy (non-hydrogen) atoms. The third-order valence-electron chi connectivity index (χ3n) is 2.69. The number of nitrogens with zero attached hydrogens (tertiary/aromatic N) is 1. The van der Waals surface area contributed by atoms with Gasteiger partial charge in [-0.05, 0) is 18.6 Å². The van der Waals surface area contributed by atoms with Crippen LogP contribution in [-0.4, -0.2) is 25.5 Å². The first kappa shape index (κ1) is 17.7. The van der Waals surface area contributed by atoms with Crippen molar-refractivity contribution in [2.45, 2.75) is 30.7 Å². The van der Waals surface area contributed by atoms with Crippen LogP contribution in [0.15, 0.2) is 17.0 Å². The molecule has 0 amide bonds. The number of hydrogen-bond donors (Lipinski definition) is 2. The molecule has 1 unspecified atom stereocenters. The Morgan fingerprint density at radius 1 is 1.43 bits per heavy atom. The Morgan fingerprint density at radius 2 is 2.05 bits per heavy atom. The van der Waals surface area contributed by atoms with E-state index >= 15 is 0 Å². The van der Waals surface area contributed by atoms with Crippen molar-refractivity contribution in [3.8, 4) is 6.07 Å². The molecular formula is C12H12Cl2N2O4S. The number of rotatable bonds is 6. The van der Waals surface area contributed by atoms with E-state index in [9.17, 15) is 13.2 Å². The minimum Gasteiger partial charge on any atom is -0.478 e. The molecule has 0 aliphatic carbocycles. The number of halogens is 2. The Labute approximate surface area is 132 Å². The summed E-state index contributed by atoms with van der Waals surface area (Å²) in [6.07, 6.45) is 0.399. The van der Waals surface area contributed by atoms with Crippen molar-refractivity contribution >= 4 is 39.2 Å². The van der Waals surface area contributed by atoms with Gasteiger partial charge >= 0.3 is 5.97 Å². The predicted octanol–water partition coefficient (Wildman–Crippen LogP) is 2.66. The molecule has 1 aromatic carbocycles. The standard InChI is InChI=1S/C12H12Cl2N2O4S/c1-2-7(3-4-15)16-21(19,20)11-5-8(12(17)18)9(13)6-10(11)14/h5-7,16H,2-3H2,1H3,(H,17,18). The molecule has 0 radical (unpaired) electrons. The van der Waals surface area contributed by atoms with E-state index in [0.717, 1.165) is 12.1 Å². The minimum atomic E-state index is -4.05.